The number of hydrogen-bond acceptors (Lipinski definition) is 5. The highest BCUT2D eigenvalue weighted by atomic mass is 32.2. The zero-order valence-electron chi connectivity index (χ0n) is 11.3. The summed E-state index contributed by atoms with van der Waals surface area (Å²) in [6.45, 7) is 1.80. The first kappa shape index (κ1) is 14.3. The van der Waals surface area contributed by atoms with E-state index in [-0.39, 0.29) is 17.1 Å². The normalized spacial score (nSPS) is 24.2. The second kappa shape index (κ2) is 4.67. The monoisotopic (exact) mass is 326 g/mol. The molecule has 3 rings (SSSR count). The van der Waals surface area contributed by atoms with E-state index in [1.165, 1.54) is 22.2 Å². The maximum atomic E-state index is 11.7. The van der Waals surface area contributed by atoms with Crippen LogP contribution in [0.4, 0.5) is 0 Å². The molecule has 1 aliphatic heterocycles. The molecule has 2 aromatic heterocycles. The number of hydrogen-bond donors (Lipinski definition) is 1. The predicted octanol–water partition coefficient (Wildman–Crippen LogP) is 1.84. The molecule has 1 atom stereocenters. The number of rotatable bonds is 3. The van der Waals surface area contributed by atoms with Crippen LogP contribution in [0.5, 0.6) is 0 Å². The molecule has 8 heteroatoms. The van der Waals surface area contributed by atoms with E-state index in [1.807, 2.05) is 10.8 Å². The van der Waals surface area contributed by atoms with Crippen molar-refractivity contribution in [3.8, 4) is 11.3 Å². The fourth-order valence-electron chi connectivity index (χ4n) is 2.59. The first-order chi connectivity index (χ1) is 9.81. The number of carbonyl (C=O) groups is 1. The van der Waals surface area contributed by atoms with E-state index in [4.69, 9.17) is 0 Å². The second-order valence-electron chi connectivity index (χ2n) is 5.49. The molecule has 2 aromatic rings. The van der Waals surface area contributed by atoms with Gasteiger partial charge in [-0.2, -0.15) is 16.4 Å². The third-order valence-corrected chi connectivity index (χ3v) is 6.35. The summed E-state index contributed by atoms with van der Waals surface area (Å²) in [5, 5.41) is 17.4. The molecular weight excluding hydrogens is 312 g/mol. The van der Waals surface area contributed by atoms with Crippen LogP contribution in [0, 0.1) is 0 Å². The number of aromatic carboxylic acids is 1. The smallest absolute Gasteiger partial charge is 0.339 e. The zero-order chi connectivity index (χ0) is 15.3. The summed E-state index contributed by atoms with van der Waals surface area (Å²) in [4.78, 5) is 11.4. The van der Waals surface area contributed by atoms with Gasteiger partial charge >= 0.3 is 5.97 Å². The predicted molar refractivity (Wildman–Crippen MR) is 79.4 cm³/mol. The second-order valence-corrected chi connectivity index (χ2v) is 8.46. The number of sulfone groups is 1. The van der Waals surface area contributed by atoms with Crippen molar-refractivity contribution >= 4 is 27.1 Å². The van der Waals surface area contributed by atoms with E-state index in [2.05, 4.69) is 5.10 Å². The Morgan fingerprint density at radius 3 is 2.81 bits per heavy atom. The zero-order valence-corrected chi connectivity index (χ0v) is 12.9. The minimum absolute atomic E-state index is 0.0101. The topological polar surface area (TPSA) is 89.3 Å². The van der Waals surface area contributed by atoms with E-state index in [0.29, 0.717) is 12.1 Å². The first-order valence-electron chi connectivity index (χ1n) is 6.37. The summed E-state index contributed by atoms with van der Waals surface area (Å²) >= 11 is 1.46. The minimum Gasteiger partial charge on any atom is -0.478 e. The van der Waals surface area contributed by atoms with Crippen molar-refractivity contribution in [3.05, 3.63) is 28.6 Å². The molecular formula is C13H14N2O4S2. The third-order valence-electron chi connectivity index (χ3n) is 3.77. The van der Waals surface area contributed by atoms with Gasteiger partial charge in [-0.15, -0.1) is 0 Å². The Morgan fingerprint density at radius 1 is 1.52 bits per heavy atom. The average molecular weight is 326 g/mol. The SMILES string of the molecule is CC1(n2cc(C(=O)O)c(-c3ccsc3)n2)CCS(=O)(=O)C1. The van der Waals surface area contributed by atoms with Gasteiger partial charge in [0.15, 0.2) is 9.84 Å². The Balaban J connectivity index is 2.10. The summed E-state index contributed by atoms with van der Waals surface area (Å²) in [6.07, 6.45) is 1.88. The van der Waals surface area contributed by atoms with Crippen molar-refractivity contribution in [3.63, 3.8) is 0 Å². The molecule has 21 heavy (non-hydrogen) atoms. The van der Waals surface area contributed by atoms with Crippen LogP contribution in [0.1, 0.15) is 23.7 Å². The highest BCUT2D eigenvalue weighted by Crippen LogP contribution is 2.33. The van der Waals surface area contributed by atoms with E-state index in [9.17, 15) is 18.3 Å². The van der Waals surface area contributed by atoms with Gasteiger partial charge in [0.2, 0.25) is 0 Å². The van der Waals surface area contributed by atoms with Gasteiger partial charge in [-0.05, 0) is 24.8 Å². The van der Waals surface area contributed by atoms with Gasteiger partial charge in [0.25, 0.3) is 0 Å². The number of carboxylic acid groups (broad SMARTS) is 1. The molecule has 0 spiro atoms. The summed E-state index contributed by atoms with van der Waals surface area (Å²) < 4.78 is 24.9. The largest absolute Gasteiger partial charge is 0.478 e. The van der Waals surface area contributed by atoms with E-state index >= 15 is 0 Å². The molecule has 1 unspecified atom stereocenters. The fourth-order valence-corrected chi connectivity index (χ4v) is 5.35. The van der Waals surface area contributed by atoms with E-state index < -0.39 is 21.3 Å². The summed E-state index contributed by atoms with van der Waals surface area (Å²) in [5.74, 6) is -0.962. The lowest BCUT2D eigenvalue weighted by Crippen LogP contribution is -2.31. The molecule has 1 aliphatic rings. The highest BCUT2D eigenvalue weighted by molar-refractivity contribution is 7.91. The quantitative estimate of drug-likeness (QED) is 0.929. The molecule has 1 saturated heterocycles. The molecule has 0 radical (unpaired) electrons. The van der Waals surface area contributed by atoms with Gasteiger partial charge in [-0.1, -0.05) is 0 Å². The molecule has 0 saturated carbocycles. The van der Waals surface area contributed by atoms with Crippen LogP contribution in [-0.2, 0) is 15.4 Å². The Bertz CT molecular complexity index is 792. The van der Waals surface area contributed by atoms with Gasteiger partial charge in [0.05, 0.1) is 17.0 Å². The Hall–Kier alpha value is -1.67. The van der Waals surface area contributed by atoms with Crippen LogP contribution < -0.4 is 0 Å². The molecule has 0 aromatic carbocycles. The Morgan fingerprint density at radius 2 is 2.29 bits per heavy atom. The molecule has 1 fully saturated rings. The molecule has 1 N–H and O–H groups in total. The maximum Gasteiger partial charge on any atom is 0.339 e. The van der Waals surface area contributed by atoms with Gasteiger partial charge in [0.1, 0.15) is 11.3 Å². The van der Waals surface area contributed by atoms with Crippen LogP contribution in [0.2, 0.25) is 0 Å². The Labute approximate surface area is 126 Å². The molecule has 3 heterocycles. The van der Waals surface area contributed by atoms with Crippen molar-refractivity contribution < 1.29 is 18.3 Å². The van der Waals surface area contributed by atoms with Gasteiger partial charge in [0, 0.05) is 17.1 Å². The van der Waals surface area contributed by atoms with Crippen molar-refractivity contribution in [1.29, 1.82) is 0 Å². The average Bonchev–Trinajstić information content (AvgIpc) is 3.07. The first-order valence-corrected chi connectivity index (χ1v) is 9.14. The van der Waals surface area contributed by atoms with Crippen LogP contribution in [-0.4, -0.2) is 40.8 Å². The molecule has 0 aliphatic carbocycles. The van der Waals surface area contributed by atoms with Crippen molar-refractivity contribution in [2.75, 3.05) is 11.5 Å². The van der Waals surface area contributed by atoms with Gasteiger partial charge < -0.3 is 5.11 Å². The van der Waals surface area contributed by atoms with Gasteiger partial charge in [-0.3, -0.25) is 4.68 Å². The number of thiophene rings is 1. The van der Waals surface area contributed by atoms with Crippen LogP contribution >= 0.6 is 11.3 Å². The van der Waals surface area contributed by atoms with Crippen LogP contribution in [0.25, 0.3) is 11.3 Å². The standard InChI is InChI=1S/C13H14N2O4S2/c1-13(3-5-21(18,19)8-13)15-6-10(12(16)17)11(14-15)9-2-4-20-7-9/h2,4,6-7H,3,5,8H2,1H3,(H,16,17). The third kappa shape index (κ3) is 2.49. The van der Waals surface area contributed by atoms with Crippen molar-refractivity contribution in [2.24, 2.45) is 0 Å². The number of aromatic nitrogens is 2. The fraction of sp³-hybridized carbons (Fsp3) is 0.385. The van der Waals surface area contributed by atoms with E-state index in [0.717, 1.165) is 5.56 Å². The lowest BCUT2D eigenvalue weighted by molar-refractivity contribution is 0.0697. The molecule has 0 bridgehead atoms. The Kier molecular flexibility index (Phi) is 3.18. The van der Waals surface area contributed by atoms with Crippen molar-refractivity contribution in [1.82, 2.24) is 9.78 Å². The number of nitrogens with zero attached hydrogens (tertiary/aromatic N) is 2. The molecule has 112 valence electrons. The molecule has 0 amide bonds. The summed E-state index contributed by atoms with van der Waals surface area (Å²) in [7, 11) is -3.09. The van der Waals surface area contributed by atoms with Gasteiger partial charge in [-0.25, -0.2) is 13.2 Å². The summed E-state index contributed by atoms with van der Waals surface area (Å²) in [5.41, 5.74) is 0.533. The van der Waals surface area contributed by atoms with Crippen molar-refractivity contribution in [2.45, 2.75) is 18.9 Å². The number of carboxylic acids is 1. The lowest BCUT2D eigenvalue weighted by Gasteiger charge is -2.22. The van der Waals surface area contributed by atoms with Crippen LogP contribution in [0.3, 0.4) is 0 Å². The highest BCUT2D eigenvalue weighted by Gasteiger charge is 2.41. The van der Waals surface area contributed by atoms with Crippen LogP contribution in [0.15, 0.2) is 23.0 Å². The summed E-state index contributed by atoms with van der Waals surface area (Å²) in [6, 6.07) is 1.80. The molecule has 6 nitrogen and oxygen atoms in total. The minimum atomic E-state index is -3.09. The maximum absolute atomic E-state index is 11.7. The van der Waals surface area contributed by atoms with E-state index in [1.54, 1.807) is 13.0 Å². The lowest BCUT2D eigenvalue weighted by atomic mass is 10.0.